The second kappa shape index (κ2) is 4.25. The van der Waals surface area contributed by atoms with E-state index in [-0.39, 0.29) is 17.1 Å². The second-order valence-electron chi connectivity index (χ2n) is 3.19. The van der Waals surface area contributed by atoms with Crippen molar-refractivity contribution in [3.8, 4) is 17.2 Å². The van der Waals surface area contributed by atoms with E-state index in [1.165, 1.54) is 19.2 Å². The lowest BCUT2D eigenvalue weighted by atomic mass is 10.2. The van der Waals surface area contributed by atoms with E-state index in [9.17, 15) is 9.18 Å². The van der Waals surface area contributed by atoms with Gasteiger partial charge in [-0.25, -0.2) is 14.2 Å². The quantitative estimate of drug-likeness (QED) is 0.885. The standard InChI is InChI=1S/C11H8FNO4/c1-16-9-3-2-6(12)4-7(9)10-13-8(5-17-10)11(14)15/h2-5H,1H3,(H,14,15). The average Bonchev–Trinajstić information content (AvgIpc) is 2.78. The maximum atomic E-state index is 13.1. The van der Waals surface area contributed by atoms with Crippen LogP contribution in [0.1, 0.15) is 10.5 Å². The minimum Gasteiger partial charge on any atom is -0.496 e. The van der Waals surface area contributed by atoms with Crippen LogP contribution in [0.4, 0.5) is 4.39 Å². The number of hydrogen-bond acceptors (Lipinski definition) is 4. The summed E-state index contributed by atoms with van der Waals surface area (Å²) in [6.07, 6.45) is 0.988. The molecule has 1 N–H and O–H groups in total. The van der Waals surface area contributed by atoms with E-state index < -0.39 is 11.8 Å². The van der Waals surface area contributed by atoms with Crippen LogP contribution in [0.15, 0.2) is 28.9 Å². The maximum Gasteiger partial charge on any atom is 0.357 e. The van der Waals surface area contributed by atoms with Gasteiger partial charge in [-0.2, -0.15) is 0 Å². The first-order valence-corrected chi connectivity index (χ1v) is 4.64. The molecule has 1 aromatic carbocycles. The van der Waals surface area contributed by atoms with Crippen LogP contribution >= 0.6 is 0 Å². The molecule has 0 aliphatic carbocycles. The zero-order valence-electron chi connectivity index (χ0n) is 8.81. The van der Waals surface area contributed by atoms with Crippen molar-refractivity contribution in [1.82, 2.24) is 4.98 Å². The fourth-order valence-corrected chi connectivity index (χ4v) is 1.34. The number of carboxylic acid groups (broad SMARTS) is 1. The largest absolute Gasteiger partial charge is 0.496 e. The first kappa shape index (κ1) is 11.1. The molecule has 0 saturated heterocycles. The van der Waals surface area contributed by atoms with Gasteiger partial charge in [-0.15, -0.1) is 0 Å². The normalized spacial score (nSPS) is 10.2. The predicted octanol–water partition coefficient (Wildman–Crippen LogP) is 2.19. The molecule has 2 rings (SSSR count). The highest BCUT2D eigenvalue weighted by atomic mass is 19.1. The zero-order chi connectivity index (χ0) is 12.4. The summed E-state index contributed by atoms with van der Waals surface area (Å²) in [7, 11) is 1.41. The Hall–Kier alpha value is -2.37. The van der Waals surface area contributed by atoms with Crippen molar-refractivity contribution in [3.05, 3.63) is 36.0 Å². The van der Waals surface area contributed by atoms with Crippen molar-refractivity contribution in [2.24, 2.45) is 0 Å². The van der Waals surface area contributed by atoms with E-state index in [1.54, 1.807) is 0 Å². The first-order chi connectivity index (χ1) is 8.11. The van der Waals surface area contributed by atoms with Crippen LogP contribution in [0.3, 0.4) is 0 Å². The topological polar surface area (TPSA) is 72.6 Å². The number of carboxylic acids is 1. The highest BCUT2D eigenvalue weighted by molar-refractivity contribution is 5.85. The van der Waals surface area contributed by atoms with E-state index in [1.807, 2.05) is 0 Å². The molecule has 0 radical (unpaired) electrons. The van der Waals surface area contributed by atoms with Crippen LogP contribution in [0.2, 0.25) is 0 Å². The molecule has 0 unspecified atom stereocenters. The van der Waals surface area contributed by atoms with Gasteiger partial charge >= 0.3 is 5.97 Å². The molecule has 17 heavy (non-hydrogen) atoms. The van der Waals surface area contributed by atoms with Gasteiger partial charge in [0.25, 0.3) is 0 Å². The molecule has 0 atom stereocenters. The SMILES string of the molecule is COc1ccc(F)cc1-c1nc(C(=O)O)co1. The Morgan fingerprint density at radius 1 is 1.53 bits per heavy atom. The lowest BCUT2D eigenvalue weighted by molar-refractivity contribution is 0.0690. The summed E-state index contributed by atoms with van der Waals surface area (Å²) >= 11 is 0. The number of carbonyl (C=O) groups is 1. The summed E-state index contributed by atoms with van der Waals surface area (Å²) in [6, 6.07) is 3.80. The summed E-state index contributed by atoms with van der Waals surface area (Å²) in [6.45, 7) is 0. The van der Waals surface area contributed by atoms with Crippen molar-refractivity contribution in [2.45, 2.75) is 0 Å². The minimum atomic E-state index is -1.21. The van der Waals surface area contributed by atoms with Crippen LogP contribution in [0, 0.1) is 5.82 Å². The van der Waals surface area contributed by atoms with Gasteiger partial charge in [0.15, 0.2) is 5.69 Å². The first-order valence-electron chi connectivity index (χ1n) is 4.64. The van der Waals surface area contributed by atoms with Crippen molar-refractivity contribution >= 4 is 5.97 Å². The molecular formula is C11H8FNO4. The molecule has 5 nitrogen and oxygen atoms in total. The van der Waals surface area contributed by atoms with Crippen LogP contribution in [0.5, 0.6) is 5.75 Å². The highest BCUT2D eigenvalue weighted by Gasteiger charge is 2.16. The summed E-state index contributed by atoms with van der Waals surface area (Å²) < 4.78 is 23.1. The Bertz CT molecular complexity index is 564. The monoisotopic (exact) mass is 237 g/mol. The van der Waals surface area contributed by atoms with Gasteiger partial charge in [-0.1, -0.05) is 0 Å². The predicted molar refractivity (Wildman–Crippen MR) is 55.4 cm³/mol. The lowest BCUT2D eigenvalue weighted by Crippen LogP contribution is -1.96. The van der Waals surface area contributed by atoms with Crippen LogP contribution in [-0.2, 0) is 0 Å². The molecule has 0 spiro atoms. The van der Waals surface area contributed by atoms with E-state index in [4.69, 9.17) is 14.3 Å². The van der Waals surface area contributed by atoms with Gasteiger partial charge in [0, 0.05) is 0 Å². The Morgan fingerprint density at radius 3 is 2.88 bits per heavy atom. The van der Waals surface area contributed by atoms with Gasteiger partial charge in [-0.05, 0) is 18.2 Å². The van der Waals surface area contributed by atoms with Crippen molar-refractivity contribution in [3.63, 3.8) is 0 Å². The lowest BCUT2D eigenvalue weighted by Gasteiger charge is -2.04. The molecular weight excluding hydrogens is 229 g/mol. The number of aromatic nitrogens is 1. The molecule has 6 heteroatoms. The third-order valence-electron chi connectivity index (χ3n) is 2.12. The van der Waals surface area contributed by atoms with Crippen molar-refractivity contribution in [1.29, 1.82) is 0 Å². The number of oxazole rings is 1. The Labute approximate surface area is 95.5 Å². The highest BCUT2D eigenvalue weighted by Crippen LogP contribution is 2.29. The van der Waals surface area contributed by atoms with Gasteiger partial charge in [0.2, 0.25) is 5.89 Å². The number of hydrogen-bond donors (Lipinski definition) is 1. The molecule has 2 aromatic rings. The minimum absolute atomic E-state index is 0.00116. The Morgan fingerprint density at radius 2 is 2.29 bits per heavy atom. The molecule has 0 bridgehead atoms. The van der Waals surface area contributed by atoms with Crippen LogP contribution < -0.4 is 4.74 Å². The number of methoxy groups -OCH3 is 1. The summed E-state index contributed by atoms with van der Waals surface area (Å²) in [5, 5.41) is 8.70. The third-order valence-corrected chi connectivity index (χ3v) is 2.12. The van der Waals surface area contributed by atoms with E-state index in [0.717, 1.165) is 12.3 Å². The molecule has 0 aliphatic rings. The molecule has 88 valence electrons. The fraction of sp³-hybridized carbons (Fsp3) is 0.0909. The zero-order valence-corrected chi connectivity index (χ0v) is 8.81. The molecule has 0 fully saturated rings. The van der Waals surface area contributed by atoms with Crippen LogP contribution in [-0.4, -0.2) is 23.2 Å². The Kier molecular flexibility index (Phi) is 2.78. The number of halogens is 1. The molecule has 0 aliphatic heterocycles. The summed E-state index contributed by atoms with van der Waals surface area (Å²) in [4.78, 5) is 14.4. The number of benzene rings is 1. The third kappa shape index (κ3) is 2.10. The number of aromatic carboxylic acids is 1. The average molecular weight is 237 g/mol. The fourth-order valence-electron chi connectivity index (χ4n) is 1.34. The molecule has 0 saturated carbocycles. The van der Waals surface area contributed by atoms with E-state index in [0.29, 0.717) is 5.75 Å². The summed E-state index contributed by atoms with van der Waals surface area (Å²) in [5.41, 5.74) is 0.0197. The van der Waals surface area contributed by atoms with E-state index >= 15 is 0 Å². The van der Waals surface area contributed by atoms with E-state index in [2.05, 4.69) is 4.98 Å². The van der Waals surface area contributed by atoms with Gasteiger partial charge < -0.3 is 14.3 Å². The summed E-state index contributed by atoms with van der Waals surface area (Å²) in [5.74, 6) is -1.35. The van der Waals surface area contributed by atoms with Gasteiger partial charge in [-0.3, -0.25) is 0 Å². The van der Waals surface area contributed by atoms with Crippen molar-refractivity contribution < 1.29 is 23.4 Å². The molecule has 0 amide bonds. The second-order valence-corrected chi connectivity index (χ2v) is 3.19. The van der Waals surface area contributed by atoms with Gasteiger partial charge in [0.05, 0.1) is 12.7 Å². The number of rotatable bonds is 3. The van der Waals surface area contributed by atoms with Gasteiger partial charge in [0.1, 0.15) is 17.8 Å². The number of nitrogens with zero attached hydrogens (tertiary/aromatic N) is 1. The Balaban J connectivity index is 2.51. The molecule has 1 aromatic heterocycles. The smallest absolute Gasteiger partial charge is 0.357 e. The van der Waals surface area contributed by atoms with Crippen molar-refractivity contribution in [2.75, 3.05) is 7.11 Å². The number of ether oxygens (including phenoxy) is 1. The molecule has 1 heterocycles. The maximum absolute atomic E-state index is 13.1. The van der Waals surface area contributed by atoms with Crippen LogP contribution in [0.25, 0.3) is 11.5 Å².